The molecule has 0 bridgehead atoms. The monoisotopic (exact) mass is 535 g/mol. The molecule has 3 atom stereocenters. The highest BCUT2D eigenvalue weighted by atomic mass is 16.5. The van der Waals surface area contributed by atoms with Gasteiger partial charge in [0.15, 0.2) is 0 Å². The lowest BCUT2D eigenvalue weighted by atomic mass is 9.93. The number of amides is 3. The zero-order chi connectivity index (χ0) is 27.9. The number of hydrogen-bond acceptors (Lipinski definition) is 5. The third-order valence-corrected chi connectivity index (χ3v) is 7.29. The van der Waals surface area contributed by atoms with Gasteiger partial charge < -0.3 is 25.4 Å². The van der Waals surface area contributed by atoms with E-state index in [1.54, 1.807) is 30.0 Å². The molecule has 1 saturated carbocycles. The van der Waals surface area contributed by atoms with Crippen molar-refractivity contribution in [3.05, 3.63) is 59.7 Å². The zero-order valence-corrected chi connectivity index (χ0v) is 23.2. The van der Waals surface area contributed by atoms with Crippen molar-refractivity contribution in [2.45, 2.75) is 77.5 Å². The Kier molecular flexibility index (Phi) is 9.62. The number of carbonyl (C=O) groups is 3. The number of aliphatic hydroxyl groups excluding tert-OH is 1. The molecule has 3 N–H and O–H groups in total. The topological polar surface area (TPSA) is 108 Å². The average Bonchev–Trinajstić information content (AvgIpc) is 3.64. The van der Waals surface area contributed by atoms with E-state index in [0.717, 1.165) is 24.8 Å². The largest absolute Gasteiger partial charge is 0.491 e. The highest BCUT2D eigenvalue weighted by molar-refractivity contribution is 5.99. The van der Waals surface area contributed by atoms with E-state index in [-0.39, 0.29) is 30.2 Å². The number of aliphatic hydroxyl groups is 1. The Bertz CT molecular complexity index is 1150. The molecule has 2 aliphatic rings. The van der Waals surface area contributed by atoms with E-state index in [2.05, 4.69) is 10.6 Å². The molecule has 39 heavy (non-hydrogen) atoms. The lowest BCUT2D eigenvalue weighted by molar-refractivity contribution is -0.125. The van der Waals surface area contributed by atoms with Crippen molar-refractivity contribution >= 4 is 23.4 Å². The van der Waals surface area contributed by atoms with Gasteiger partial charge in [-0.15, -0.1) is 0 Å². The Morgan fingerprint density at radius 2 is 1.85 bits per heavy atom. The first-order chi connectivity index (χ1) is 18.7. The SMILES string of the molecule is CC(C)Oc1cc(C(=O)N[C@@H](Cc2ccccc2)[C@H](O)C[C@@H](C)C(=O)NCC2CC2)cc(N2CCCC2=O)c1. The lowest BCUT2D eigenvalue weighted by Gasteiger charge is -2.27. The second kappa shape index (κ2) is 13.1. The molecule has 1 heterocycles. The van der Waals surface area contributed by atoms with E-state index < -0.39 is 18.1 Å². The summed E-state index contributed by atoms with van der Waals surface area (Å²) in [6.07, 6.45) is 3.14. The minimum atomic E-state index is -0.939. The van der Waals surface area contributed by atoms with Gasteiger partial charge in [-0.2, -0.15) is 0 Å². The molecule has 1 saturated heterocycles. The molecule has 0 radical (unpaired) electrons. The van der Waals surface area contributed by atoms with Crippen LogP contribution >= 0.6 is 0 Å². The van der Waals surface area contributed by atoms with Crippen LogP contribution in [-0.4, -0.2) is 54.2 Å². The summed E-state index contributed by atoms with van der Waals surface area (Å²) in [5, 5.41) is 17.2. The molecule has 1 aliphatic carbocycles. The van der Waals surface area contributed by atoms with Crippen LogP contribution in [0.15, 0.2) is 48.5 Å². The maximum Gasteiger partial charge on any atom is 0.251 e. The Balaban J connectivity index is 1.52. The number of carbonyl (C=O) groups excluding carboxylic acids is 3. The number of hydrogen-bond donors (Lipinski definition) is 3. The predicted octanol–water partition coefficient (Wildman–Crippen LogP) is 3.86. The molecule has 0 aromatic heterocycles. The number of anilines is 1. The van der Waals surface area contributed by atoms with Gasteiger partial charge in [0.05, 0.1) is 18.2 Å². The van der Waals surface area contributed by atoms with Crippen LogP contribution in [-0.2, 0) is 16.0 Å². The molecule has 0 spiro atoms. The summed E-state index contributed by atoms with van der Waals surface area (Å²) < 4.78 is 5.90. The fraction of sp³-hybridized carbons (Fsp3) is 0.516. The van der Waals surface area contributed by atoms with Gasteiger partial charge in [-0.3, -0.25) is 14.4 Å². The summed E-state index contributed by atoms with van der Waals surface area (Å²) in [7, 11) is 0. The van der Waals surface area contributed by atoms with E-state index >= 15 is 0 Å². The van der Waals surface area contributed by atoms with Crippen LogP contribution in [0.5, 0.6) is 5.75 Å². The number of rotatable bonds is 13. The van der Waals surface area contributed by atoms with Gasteiger partial charge in [0.1, 0.15) is 5.75 Å². The second-order valence-electron chi connectivity index (χ2n) is 11.2. The normalized spacial score (nSPS) is 17.6. The first kappa shape index (κ1) is 28.6. The van der Waals surface area contributed by atoms with Gasteiger partial charge >= 0.3 is 0 Å². The zero-order valence-electron chi connectivity index (χ0n) is 23.2. The maximum atomic E-state index is 13.6. The maximum absolute atomic E-state index is 13.6. The Morgan fingerprint density at radius 3 is 2.49 bits per heavy atom. The number of nitrogens with zero attached hydrogens (tertiary/aromatic N) is 1. The van der Waals surface area contributed by atoms with Crippen molar-refractivity contribution in [1.82, 2.24) is 10.6 Å². The van der Waals surface area contributed by atoms with Crippen molar-refractivity contribution < 1.29 is 24.2 Å². The fourth-order valence-electron chi connectivity index (χ4n) is 4.91. The van der Waals surface area contributed by atoms with E-state index in [4.69, 9.17) is 4.74 Å². The Labute approximate surface area is 231 Å². The summed E-state index contributed by atoms with van der Waals surface area (Å²) in [6, 6.07) is 14.2. The van der Waals surface area contributed by atoms with Crippen LogP contribution in [0.4, 0.5) is 5.69 Å². The second-order valence-corrected chi connectivity index (χ2v) is 11.2. The van der Waals surface area contributed by atoms with Crippen molar-refractivity contribution in [3.63, 3.8) is 0 Å². The van der Waals surface area contributed by atoms with Gasteiger partial charge in [0, 0.05) is 42.7 Å². The first-order valence-electron chi connectivity index (χ1n) is 14.1. The molecule has 210 valence electrons. The molecule has 3 amide bonds. The number of nitrogens with one attached hydrogen (secondary N) is 2. The van der Waals surface area contributed by atoms with Gasteiger partial charge in [-0.05, 0) is 69.6 Å². The minimum absolute atomic E-state index is 0.0226. The van der Waals surface area contributed by atoms with E-state index in [1.807, 2.05) is 44.2 Å². The van der Waals surface area contributed by atoms with Gasteiger partial charge in [-0.25, -0.2) is 0 Å². The predicted molar refractivity (Wildman–Crippen MR) is 151 cm³/mol. The Morgan fingerprint density at radius 1 is 1.10 bits per heavy atom. The average molecular weight is 536 g/mol. The van der Waals surface area contributed by atoms with Crippen molar-refractivity contribution in [2.75, 3.05) is 18.0 Å². The molecular weight excluding hydrogens is 494 g/mol. The standard InChI is InChI=1S/C31H41N3O5/c1-20(2)39-26-17-24(16-25(18-26)34-13-7-10-29(34)36)31(38)33-27(15-22-8-5-4-6-9-22)28(35)14-21(3)30(37)32-19-23-11-12-23/h4-6,8-9,16-18,20-21,23,27-28,35H,7,10-15,19H2,1-3H3,(H,32,37)(H,33,38)/t21-,27+,28-/m1/s1. The summed E-state index contributed by atoms with van der Waals surface area (Å²) in [6.45, 7) is 6.89. The van der Waals surface area contributed by atoms with Crippen LogP contribution in [0.25, 0.3) is 0 Å². The summed E-state index contributed by atoms with van der Waals surface area (Å²) in [5.41, 5.74) is 1.94. The van der Waals surface area contributed by atoms with Crippen LogP contribution in [0.1, 0.15) is 68.8 Å². The van der Waals surface area contributed by atoms with E-state index in [0.29, 0.717) is 48.8 Å². The van der Waals surface area contributed by atoms with Gasteiger partial charge in [0.2, 0.25) is 11.8 Å². The van der Waals surface area contributed by atoms with Crippen molar-refractivity contribution in [1.29, 1.82) is 0 Å². The highest BCUT2D eigenvalue weighted by Gasteiger charge is 2.29. The molecule has 8 nitrogen and oxygen atoms in total. The summed E-state index contributed by atoms with van der Waals surface area (Å²) in [5.74, 6) is 0.256. The summed E-state index contributed by atoms with van der Waals surface area (Å²) in [4.78, 5) is 40.3. The van der Waals surface area contributed by atoms with Crippen LogP contribution in [0, 0.1) is 11.8 Å². The van der Waals surface area contributed by atoms with Crippen molar-refractivity contribution in [3.8, 4) is 5.75 Å². The van der Waals surface area contributed by atoms with E-state index in [9.17, 15) is 19.5 Å². The quantitative estimate of drug-likeness (QED) is 0.361. The first-order valence-corrected chi connectivity index (χ1v) is 14.1. The molecule has 4 rings (SSSR count). The molecular formula is C31H41N3O5. The van der Waals surface area contributed by atoms with Crippen LogP contribution < -0.4 is 20.3 Å². The smallest absolute Gasteiger partial charge is 0.251 e. The number of ether oxygens (including phenoxy) is 1. The molecule has 2 aromatic rings. The van der Waals surface area contributed by atoms with Gasteiger partial charge in [0.25, 0.3) is 5.91 Å². The molecule has 2 aromatic carbocycles. The van der Waals surface area contributed by atoms with Crippen LogP contribution in [0.3, 0.4) is 0 Å². The van der Waals surface area contributed by atoms with Gasteiger partial charge in [-0.1, -0.05) is 37.3 Å². The highest BCUT2D eigenvalue weighted by Crippen LogP contribution is 2.29. The molecule has 0 unspecified atom stereocenters. The fourth-order valence-corrected chi connectivity index (χ4v) is 4.91. The Hall–Kier alpha value is -3.39. The number of benzene rings is 2. The lowest BCUT2D eigenvalue weighted by Crippen LogP contribution is -2.46. The van der Waals surface area contributed by atoms with Crippen molar-refractivity contribution in [2.24, 2.45) is 11.8 Å². The van der Waals surface area contributed by atoms with Crippen LogP contribution in [0.2, 0.25) is 0 Å². The minimum Gasteiger partial charge on any atom is -0.491 e. The summed E-state index contributed by atoms with van der Waals surface area (Å²) >= 11 is 0. The third kappa shape index (κ3) is 8.30. The molecule has 8 heteroatoms. The molecule has 1 aliphatic heterocycles. The van der Waals surface area contributed by atoms with E-state index in [1.165, 1.54) is 0 Å². The molecule has 2 fully saturated rings. The third-order valence-electron chi connectivity index (χ3n) is 7.29.